The van der Waals surface area contributed by atoms with Gasteiger partial charge in [0.25, 0.3) is 0 Å². The van der Waals surface area contributed by atoms with Crippen molar-refractivity contribution in [2.45, 2.75) is 290 Å². The first kappa shape index (κ1) is 96.4. The van der Waals surface area contributed by atoms with E-state index in [0.717, 1.165) is 186 Å². The molecule has 0 aliphatic heterocycles. The number of aliphatic hydroxyl groups excluding tert-OH is 1. The molecule has 17 nitrogen and oxygen atoms in total. The van der Waals surface area contributed by atoms with Crippen LogP contribution in [0.2, 0.25) is 0 Å². The Kier molecular flexibility index (Phi) is 69.7. The minimum Gasteiger partial charge on any atom is -0.462 e. The van der Waals surface area contributed by atoms with Crippen LogP contribution >= 0.6 is 15.6 Å². The Balaban J connectivity index is 5.45. The number of esters is 4. The number of rotatable bonds is 70. The van der Waals surface area contributed by atoms with E-state index in [9.17, 15) is 43.2 Å². The van der Waals surface area contributed by atoms with Gasteiger partial charge in [-0.1, -0.05) is 262 Å². The number of carbonyl (C=O) groups is 4. The van der Waals surface area contributed by atoms with Gasteiger partial charge < -0.3 is 33.8 Å². The minimum absolute atomic E-state index is 0.0268. The number of ether oxygens (including phenoxy) is 4. The summed E-state index contributed by atoms with van der Waals surface area (Å²) in [5.41, 5.74) is 0. The molecule has 102 heavy (non-hydrogen) atoms. The van der Waals surface area contributed by atoms with Gasteiger partial charge in [-0.25, -0.2) is 9.13 Å². The molecule has 0 spiro atoms. The van der Waals surface area contributed by atoms with Crippen molar-refractivity contribution in [1.29, 1.82) is 0 Å². The Morgan fingerprint density at radius 1 is 0.284 bits per heavy atom. The Bertz CT molecular complexity index is 2600. The minimum atomic E-state index is -5.00. The lowest BCUT2D eigenvalue weighted by Crippen LogP contribution is -2.30. The topological polar surface area (TPSA) is 237 Å². The molecule has 0 heterocycles. The number of phosphoric acid groups is 2. The van der Waals surface area contributed by atoms with Crippen molar-refractivity contribution in [2.24, 2.45) is 0 Å². The number of unbranched alkanes of at least 4 members (excludes halogenated alkanes) is 16. The Morgan fingerprint density at radius 2 is 0.529 bits per heavy atom. The lowest BCUT2D eigenvalue weighted by molar-refractivity contribution is -0.161. The molecule has 0 aliphatic carbocycles. The number of hydrogen-bond donors (Lipinski definition) is 3. The molecule has 5 atom stereocenters. The van der Waals surface area contributed by atoms with E-state index in [0.29, 0.717) is 32.1 Å². The van der Waals surface area contributed by atoms with Gasteiger partial charge in [-0.2, -0.15) is 0 Å². The summed E-state index contributed by atoms with van der Waals surface area (Å²) in [5, 5.41) is 10.6. The van der Waals surface area contributed by atoms with E-state index >= 15 is 0 Å². The highest BCUT2D eigenvalue weighted by Gasteiger charge is 2.30. The summed E-state index contributed by atoms with van der Waals surface area (Å²) >= 11 is 0. The van der Waals surface area contributed by atoms with E-state index in [4.69, 9.17) is 37.0 Å². The zero-order valence-corrected chi connectivity index (χ0v) is 64.8. The van der Waals surface area contributed by atoms with Crippen LogP contribution in [0, 0.1) is 0 Å². The van der Waals surface area contributed by atoms with Crippen molar-refractivity contribution >= 4 is 39.5 Å². The monoisotopic (exact) mass is 1460 g/mol. The van der Waals surface area contributed by atoms with Gasteiger partial charge in [0.05, 0.1) is 26.4 Å². The maximum absolute atomic E-state index is 13.1. The number of hydrogen-bond acceptors (Lipinski definition) is 15. The number of aliphatic hydroxyl groups is 1. The van der Waals surface area contributed by atoms with Gasteiger partial charge in [-0.05, 0) is 154 Å². The van der Waals surface area contributed by atoms with E-state index in [2.05, 4.69) is 180 Å². The summed E-state index contributed by atoms with van der Waals surface area (Å²) in [4.78, 5) is 72.9. The molecule has 0 rings (SSSR count). The van der Waals surface area contributed by atoms with Crippen LogP contribution in [0.25, 0.3) is 0 Å². The molecule has 5 unspecified atom stereocenters. The van der Waals surface area contributed by atoms with Crippen molar-refractivity contribution in [3.63, 3.8) is 0 Å². The molecule has 0 radical (unpaired) electrons. The summed E-state index contributed by atoms with van der Waals surface area (Å²) in [7, 11) is -10.0. The third-order valence-corrected chi connectivity index (χ3v) is 17.0. The molecule has 0 aliphatic rings. The fraction of sp³-hybridized carbons (Fsp3) is 0.614. The Hall–Kier alpha value is -5.58. The van der Waals surface area contributed by atoms with Crippen LogP contribution in [0.4, 0.5) is 0 Å². The van der Waals surface area contributed by atoms with E-state index in [-0.39, 0.29) is 25.7 Å². The number of allylic oxidation sites excluding steroid dienone is 28. The average molecular weight is 1470 g/mol. The van der Waals surface area contributed by atoms with Gasteiger partial charge in [0.15, 0.2) is 12.2 Å². The first-order chi connectivity index (χ1) is 49.7. The lowest BCUT2D eigenvalue weighted by Gasteiger charge is -2.21. The second-order valence-electron chi connectivity index (χ2n) is 24.8. The Morgan fingerprint density at radius 3 is 0.843 bits per heavy atom. The molecule has 0 fully saturated rings. The fourth-order valence-corrected chi connectivity index (χ4v) is 10.9. The maximum Gasteiger partial charge on any atom is 0.472 e. The van der Waals surface area contributed by atoms with Crippen molar-refractivity contribution in [1.82, 2.24) is 0 Å². The van der Waals surface area contributed by atoms with Gasteiger partial charge in [0.1, 0.15) is 19.3 Å². The van der Waals surface area contributed by atoms with Crippen LogP contribution in [-0.2, 0) is 65.4 Å². The predicted octanol–water partition coefficient (Wildman–Crippen LogP) is 22.2. The first-order valence-electron chi connectivity index (χ1n) is 38.4. The third-order valence-electron chi connectivity index (χ3n) is 15.1. The molecule has 0 aromatic carbocycles. The largest absolute Gasteiger partial charge is 0.472 e. The van der Waals surface area contributed by atoms with Gasteiger partial charge in [0.2, 0.25) is 0 Å². The average Bonchev–Trinajstić information content (AvgIpc) is 0.909. The van der Waals surface area contributed by atoms with Gasteiger partial charge in [0, 0.05) is 25.7 Å². The SMILES string of the molecule is CC/C=C\C/C=C\C/C=C\C/C=C\C/C=C\C/C=C\CCC(=O)OCC(COP(=O)(O)OCC(O)COP(=O)(O)OCC(COC(=O)CCCCCC/C=C\C/C=C\C/C=C\C/C=C\CC)OC(=O)CCCCCCC/C=C\C/C=C\CCC)OC(=O)CCCCCCC/C=C\C/C=C\CCC. The second kappa shape index (κ2) is 73.7. The molecule has 0 bridgehead atoms. The van der Waals surface area contributed by atoms with Gasteiger partial charge >= 0.3 is 39.5 Å². The number of carbonyl (C=O) groups excluding carboxylic acids is 4. The van der Waals surface area contributed by atoms with E-state index in [1.165, 1.54) is 0 Å². The molecule has 3 N–H and O–H groups in total. The molecule has 0 saturated carbocycles. The third kappa shape index (κ3) is 72.8. The molecular formula is C83H134O17P2. The molecule has 19 heteroatoms. The molecule has 0 aromatic heterocycles. The Labute approximate surface area is 616 Å². The van der Waals surface area contributed by atoms with Crippen LogP contribution < -0.4 is 0 Å². The zero-order chi connectivity index (χ0) is 74.6. The number of phosphoric ester groups is 2. The summed E-state index contributed by atoms with van der Waals surface area (Å²) < 4.78 is 68.4. The molecule has 0 saturated heterocycles. The summed E-state index contributed by atoms with van der Waals surface area (Å²) in [6, 6.07) is 0. The summed E-state index contributed by atoms with van der Waals surface area (Å²) in [6.45, 7) is 4.34. The van der Waals surface area contributed by atoms with Gasteiger partial charge in [-0.15, -0.1) is 0 Å². The molecule has 0 amide bonds. The standard InChI is InChI=1S/C83H134O17P2/c1-5-9-13-17-21-25-29-33-35-37-38-40-42-46-48-52-56-60-64-68-81(86)94-74-79(100-83(88)70-66-62-58-54-50-44-32-28-24-20-16-12-8-4)76-98-102(91,92)96-72-77(84)71-95-101(89,90)97-75-78(99-82(87)69-65-61-57-53-49-43-31-27-23-19-15-11-7-3)73-93-80(85)67-63-59-55-51-47-45-41-39-36-34-30-26-22-18-14-10-6-2/h9-10,13-16,19-22,25-28,31-36,38,40-41,45-46,48,56,60,77-79,84H,5-8,11-12,17-18,23-24,29-30,37,39,42-44,47,49-55,57-59,61-76H2,1-4H3,(H,89,90)(H,91,92)/b13-9-,14-10-,19-15-,20-16-,25-21-,26-22-,31-27-,32-28-,35-33-,36-34-,40-38-,45-41-,48-46-,60-56-. The zero-order valence-electron chi connectivity index (χ0n) is 63.0. The normalized spacial score (nSPS) is 14.9. The van der Waals surface area contributed by atoms with E-state index in [1.807, 2.05) is 18.2 Å². The molecular weight excluding hydrogens is 1330 g/mol. The highest BCUT2D eigenvalue weighted by molar-refractivity contribution is 7.47. The van der Waals surface area contributed by atoms with Crippen LogP contribution in [0.5, 0.6) is 0 Å². The predicted molar refractivity (Wildman–Crippen MR) is 417 cm³/mol. The molecule has 0 aromatic rings. The van der Waals surface area contributed by atoms with E-state index in [1.54, 1.807) is 0 Å². The van der Waals surface area contributed by atoms with Gasteiger partial charge in [-0.3, -0.25) is 37.3 Å². The van der Waals surface area contributed by atoms with Crippen molar-refractivity contribution < 1.29 is 80.2 Å². The van der Waals surface area contributed by atoms with Crippen LogP contribution in [0.3, 0.4) is 0 Å². The van der Waals surface area contributed by atoms with Crippen LogP contribution in [0.15, 0.2) is 170 Å². The molecule has 578 valence electrons. The second-order valence-corrected chi connectivity index (χ2v) is 27.7. The highest BCUT2D eigenvalue weighted by Crippen LogP contribution is 2.45. The quantitative estimate of drug-likeness (QED) is 0.0169. The highest BCUT2D eigenvalue weighted by atomic mass is 31.2. The van der Waals surface area contributed by atoms with Crippen molar-refractivity contribution in [3.8, 4) is 0 Å². The summed E-state index contributed by atoms with van der Waals surface area (Å²) in [6.07, 6.45) is 86.5. The van der Waals surface area contributed by atoms with Crippen LogP contribution in [0.1, 0.15) is 272 Å². The van der Waals surface area contributed by atoms with Crippen molar-refractivity contribution in [2.75, 3.05) is 39.6 Å². The maximum atomic E-state index is 13.1. The van der Waals surface area contributed by atoms with E-state index < -0.39 is 97.5 Å². The van der Waals surface area contributed by atoms with Crippen molar-refractivity contribution in [3.05, 3.63) is 170 Å². The smallest absolute Gasteiger partial charge is 0.462 e. The van der Waals surface area contributed by atoms with Crippen LogP contribution in [-0.4, -0.2) is 96.7 Å². The summed E-state index contributed by atoms with van der Waals surface area (Å²) in [5.74, 6) is -2.35. The fourth-order valence-electron chi connectivity index (χ4n) is 9.37. The first-order valence-corrected chi connectivity index (χ1v) is 41.4. The lowest BCUT2D eigenvalue weighted by atomic mass is 10.1.